The number of phenols is 2. The van der Waals surface area contributed by atoms with Gasteiger partial charge < -0.3 is 10.2 Å². The number of benzene rings is 2. The predicted octanol–water partition coefficient (Wildman–Crippen LogP) is 10.4. The lowest BCUT2D eigenvalue weighted by molar-refractivity contribution is 0.474. The molecule has 0 radical (unpaired) electrons. The van der Waals surface area contributed by atoms with Crippen molar-refractivity contribution in [2.75, 3.05) is 0 Å². The van der Waals surface area contributed by atoms with E-state index in [9.17, 15) is 10.2 Å². The van der Waals surface area contributed by atoms with Gasteiger partial charge in [0.1, 0.15) is 11.5 Å². The topological polar surface area (TPSA) is 40.5 Å². The molecule has 2 aromatic rings. The van der Waals surface area contributed by atoms with Crippen LogP contribution in [0.1, 0.15) is 132 Å². The minimum atomic E-state index is 0.380. The first-order valence-corrected chi connectivity index (χ1v) is 14.5. The second-order valence-electron chi connectivity index (χ2n) is 10.3. The Morgan fingerprint density at radius 2 is 0.771 bits per heavy atom. The van der Waals surface area contributed by atoms with Crippen molar-refractivity contribution in [3.05, 3.63) is 58.7 Å². The van der Waals surface area contributed by atoms with Crippen molar-refractivity contribution in [2.45, 2.75) is 137 Å². The molecule has 2 nitrogen and oxygen atoms in total. The second kappa shape index (κ2) is 20.3. The van der Waals surface area contributed by atoms with Crippen LogP contribution < -0.4 is 0 Å². The average Bonchev–Trinajstić information content (AvgIpc) is 2.83. The molecule has 0 saturated carbocycles. The SMILES string of the molecule is CCCCCCCCCCc1ccc(O)cc1C.CCCCCCCCCc1ccc(O)cc1C. The fourth-order valence-corrected chi connectivity index (χ4v) is 4.64. The Bertz CT molecular complexity index is 781. The van der Waals surface area contributed by atoms with Crippen molar-refractivity contribution in [3.8, 4) is 11.5 Å². The van der Waals surface area contributed by atoms with Crippen molar-refractivity contribution < 1.29 is 10.2 Å². The quantitative estimate of drug-likeness (QED) is 0.220. The molecule has 0 bridgehead atoms. The summed E-state index contributed by atoms with van der Waals surface area (Å²) < 4.78 is 0. The minimum Gasteiger partial charge on any atom is -0.508 e. The van der Waals surface area contributed by atoms with Crippen LogP contribution >= 0.6 is 0 Å². The number of hydrogen-bond donors (Lipinski definition) is 2. The summed E-state index contributed by atoms with van der Waals surface area (Å²) in [4.78, 5) is 0. The molecule has 0 heterocycles. The van der Waals surface area contributed by atoms with E-state index in [2.05, 4.69) is 39.8 Å². The van der Waals surface area contributed by atoms with Gasteiger partial charge in [-0.2, -0.15) is 0 Å². The molecule has 35 heavy (non-hydrogen) atoms. The van der Waals surface area contributed by atoms with Gasteiger partial charge in [0.2, 0.25) is 0 Å². The van der Waals surface area contributed by atoms with Gasteiger partial charge in [-0.25, -0.2) is 0 Å². The highest BCUT2D eigenvalue weighted by Gasteiger charge is 2.01. The first kappa shape index (κ1) is 31.1. The van der Waals surface area contributed by atoms with Gasteiger partial charge in [0.05, 0.1) is 0 Å². The van der Waals surface area contributed by atoms with Gasteiger partial charge in [-0.05, 0) is 86.1 Å². The molecule has 0 saturated heterocycles. The lowest BCUT2D eigenvalue weighted by Gasteiger charge is -2.06. The molecule has 0 aromatic heterocycles. The third-order valence-corrected chi connectivity index (χ3v) is 7.00. The van der Waals surface area contributed by atoms with Gasteiger partial charge in [0.15, 0.2) is 0 Å². The fourth-order valence-electron chi connectivity index (χ4n) is 4.64. The van der Waals surface area contributed by atoms with Crippen LogP contribution in [0.2, 0.25) is 0 Å². The average molecular weight is 483 g/mol. The van der Waals surface area contributed by atoms with Crippen molar-refractivity contribution >= 4 is 0 Å². The van der Waals surface area contributed by atoms with E-state index >= 15 is 0 Å². The molecule has 2 N–H and O–H groups in total. The molecular weight excluding hydrogens is 428 g/mol. The summed E-state index contributed by atoms with van der Waals surface area (Å²) in [6.45, 7) is 8.68. The first-order chi connectivity index (χ1) is 17.0. The van der Waals surface area contributed by atoms with E-state index in [0.29, 0.717) is 11.5 Å². The number of unbranched alkanes of at least 4 members (excludes halogenated alkanes) is 13. The number of aryl methyl sites for hydroxylation is 4. The Hall–Kier alpha value is -1.96. The highest BCUT2D eigenvalue weighted by Crippen LogP contribution is 2.19. The summed E-state index contributed by atoms with van der Waals surface area (Å²) in [5, 5.41) is 18.7. The van der Waals surface area contributed by atoms with E-state index in [1.165, 1.54) is 119 Å². The van der Waals surface area contributed by atoms with Crippen molar-refractivity contribution in [1.82, 2.24) is 0 Å². The Labute approximate surface area is 217 Å². The summed E-state index contributed by atoms with van der Waals surface area (Å²) in [6.07, 6.45) is 22.7. The van der Waals surface area contributed by atoms with Crippen LogP contribution in [0.25, 0.3) is 0 Å². The summed E-state index contributed by atoms with van der Waals surface area (Å²) in [5.41, 5.74) is 5.21. The Morgan fingerprint density at radius 3 is 1.09 bits per heavy atom. The monoisotopic (exact) mass is 482 g/mol. The minimum absolute atomic E-state index is 0.380. The van der Waals surface area contributed by atoms with E-state index in [-0.39, 0.29) is 0 Å². The first-order valence-electron chi connectivity index (χ1n) is 14.5. The number of rotatable bonds is 17. The molecule has 198 valence electrons. The van der Waals surface area contributed by atoms with E-state index in [1.807, 2.05) is 12.1 Å². The Kier molecular flexibility index (Phi) is 18.0. The van der Waals surface area contributed by atoms with E-state index in [0.717, 1.165) is 12.8 Å². The van der Waals surface area contributed by atoms with Gasteiger partial charge in [-0.1, -0.05) is 109 Å². The van der Waals surface area contributed by atoms with Crippen LogP contribution in [0, 0.1) is 13.8 Å². The summed E-state index contributed by atoms with van der Waals surface area (Å²) >= 11 is 0. The molecule has 0 amide bonds. The largest absolute Gasteiger partial charge is 0.508 e. The predicted molar refractivity (Wildman–Crippen MR) is 154 cm³/mol. The van der Waals surface area contributed by atoms with Crippen molar-refractivity contribution in [3.63, 3.8) is 0 Å². The van der Waals surface area contributed by atoms with E-state index in [1.54, 1.807) is 12.1 Å². The molecule has 2 rings (SSSR count). The van der Waals surface area contributed by atoms with Crippen molar-refractivity contribution in [1.29, 1.82) is 0 Å². The van der Waals surface area contributed by atoms with Crippen molar-refractivity contribution in [2.24, 2.45) is 0 Å². The van der Waals surface area contributed by atoms with Crippen LogP contribution in [0.5, 0.6) is 11.5 Å². The molecule has 0 unspecified atom stereocenters. The Balaban J connectivity index is 0.000000351. The van der Waals surface area contributed by atoms with Gasteiger partial charge >= 0.3 is 0 Å². The molecule has 0 aliphatic rings. The molecule has 0 atom stereocenters. The smallest absolute Gasteiger partial charge is 0.115 e. The van der Waals surface area contributed by atoms with Crippen LogP contribution in [-0.4, -0.2) is 10.2 Å². The third-order valence-electron chi connectivity index (χ3n) is 7.00. The normalized spacial score (nSPS) is 10.7. The molecule has 2 aromatic carbocycles. The summed E-state index contributed by atoms with van der Waals surface area (Å²) in [6, 6.07) is 11.4. The van der Waals surface area contributed by atoms with Gasteiger partial charge in [0.25, 0.3) is 0 Å². The van der Waals surface area contributed by atoms with Gasteiger partial charge in [-0.15, -0.1) is 0 Å². The molecule has 0 aliphatic carbocycles. The van der Waals surface area contributed by atoms with E-state index in [4.69, 9.17) is 0 Å². The lowest BCUT2D eigenvalue weighted by Crippen LogP contribution is -1.90. The fraction of sp³-hybridized carbons (Fsp3) is 0.636. The molecular formula is C33H54O2. The van der Waals surface area contributed by atoms with Gasteiger partial charge in [-0.3, -0.25) is 0 Å². The van der Waals surface area contributed by atoms with Crippen LogP contribution in [0.3, 0.4) is 0 Å². The molecule has 0 spiro atoms. The number of hydrogen-bond acceptors (Lipinski definition) is 2. The summed E-state index contributed by atoms with van der Waals surface area (Å²) in [5.74, 6) is 0.762. The standard InChI is InChI=1S/C17H28O.C16H26O/c1-3-4-5-6-7-8-9-10-11-16-12-13-17(18)14-15(16)2;1-3-4-5-6-7-8-9-10-15-11-12-16(17)13-14(15)2/h12-14,18H,3-11H2,1-2H3;11-13,17H,3-10H2,1-2H3. The summed E-state index contributed by atoms with van der Waals surface area (Å²) in [7, 11) is 0. The zero-order chi connectivity index (χ0) is 25.7. The zero-order valence-electron chi connectivity index (χ0n) is 23.4. The van der Waals surface area contributed by atoms with Gasteiger partial charge in [0, 0.05) is 0 Å². The lowest BCUT2D eigenvalue weighted by atomic mass is 10.0. The number of phenolic OH excluding ortho intramolecular Hbond substituents is 2. The number of aromatic hydroxyl groups is 2. The molecule has 0 aliphatic heterocycles. The maximum atomic E-state index is 9.35. The van der Waals surface area contributed by atoms with E-state index < -0.39 is 0 Å². The highest BCUT2D eigenvalue weighted by atomic mass is 16.3. The Morgan fingerprint density at radius 1 is 0.457 bits per heavy atom. The second-order valence-corrected chi connectivity index (χ2v) is 10.3. The maximum Gasteiger partial charge on any atom is 0.115 e. The van der Waals surface area contributed by atoms with Crippen LogP contribution in [0.4, 0.5) is 0 Å². The zero-order valence-corrected chi connectivity index (χ0v) is 23.4. The third kappa shape index (κ3) is 15.6. The van der Waals surface area contributed by atoms with Crippen LogP contribution in [-0.2, 0) is 12.8 Å². The molecule has 0 fully saturated rings. The highest BCUT2D eigenvalue weighted by molar-refractivity contribution is 5.34. The maximum absolute atomic E-state index is 9.35. The molecule has 2 heteroatoms. The van der Waals surface area contributed by atoms with Crippen LogP contribution in [0.15, 0.2) is 36.4 Å².